The summed E-state index contributed by atoms with van der Waals surface area (Å²) >= 11 is 7.54. The van der Waals surface area contributed by atoms with E-state index in [-0.39, 0.29) is 11.8 Å². The fourth-order valence-corrected chi connectivity index (χ4v) is 3.99. The lowest BCUT2D eigenvalue weighted by Crippen LogP contribution is -2.48. The number of carbonyl (C=O) groups is 2. The van der Waals surface area contributed by atoms with E-state index in [0.29, 0.717) is 30.3 Å². The zero-order valence-electron chi connectivity index (χ0n) is 18.0. The number of carbonyl (C=O) groups excluding carboxylic acids is 2. The first-order chi connectivity index (χ1) is 14.4. The highest BCUT2D eigenvalue weighted by Crippen LogP contribution is 2.22. The standard InChI is InChI=1S/C24H31ClN2O2S/c1-4-5-15-26-24(29)19(3)27(17-20-9-7-6-8-18(20)2)23(28)14-16-30-22-12-10-21(25)11-13-22/h6-13,19H,4-5,14-17H2,1-3H3,(H,26,29). The fourth-order valence-electron chi connectivity index (χ4n) is 3.02. The van der Waals surface area contributed by atoms with Crippen molar-refractivity contribution in [3.63, 3.8) is 0 Å². The summed E-state index contributed by atoms with van der Waals surface area (Å²) < 4.78 is 0. The lowest BCUT2D eigenvalue weighted by Gasteiger charge is -2.29. The largest absolute Gasteiger partial charge is 0.354 e. The molecule has 4 nitrogen and oxygen atoms in total. The SMILES string of the molecule is CCCCNC(=O)C(C)N(Cc1ccccc1C)C(=O)CCSc1ccc(Cl)cc1. The van der Waals surface area contributed by atoms with Crippen LogP contribution in [0.3, 0.4) is 0 Å². The molecule has 0 aromatic heterocycles. The van der Waals surface area contributed by atoms with Gasteiger partial charge >= 0.3 is 0 Å². The highest BCUT2D eigenvalue weighted by molar-refractivity contribution is 7.99. The van der Waals surface area contributed by atoms with E-state index in [0.717, 1.165) is 28.9 Å². The van der Waals surface area contributed by atoms with Crippen molar-refractivity contribution in [3.05, 3.63) is 64.7 Å². The van der Waals surface area contributed by atoms with Crippen LogP contribution in [0, 0.1) is 6.92 Å². The van der Waals surface area contributed by atoms with Crippen LogP contribution in [0.15, 0.2) is 53.4 Å². The molecule has 30 heavy (non-hydrogen) atoms. The zero-order valence-corrected chi connectivity index (χ0v) is 19.6. The average molecular weight is 447 g/mol. The van der Waals surface area contributed by atoms with E-state index in [9.17, 15) is 9.59 Å². The molecule has 0 aliphatic heterocycles. The monoisotopic (exact) mass is 446 g/mol. The number of amides is 2. The van der Waals surface area contributed by atoms with Crippen molar-refractivity contribution < 1.29 is 9.59 Å². The molecule has 0 aliphatic carbocycles. The molecule has 0 bridgehead atoms. The predicted molar refractivity (Wildman–Crippen MR) is 126 cm³/mol. The molecular formula is C24H31ClN2O2S. The van der Waals surface area contributed by atoms with Gasteiger partial charge in [-0.1, -0.05) is 49.2 Å². The van der Waals surface area contributed by atoms with Gasteiger partial charge in [0.1, 0.15) is 6.04 Å². The molecule has 2 aromatic rings. The van der Waals surface area contributed by atoms with Crippen molar-refractivity contribution in [2.75, 3.05) is 12.3 Å². The minimum Gasteiger partial charge on any atom is -0.354 e. The Kier molecular flexibility index (Phi) is 10.2. The van der Waals surface area contributed by atoms with Crippen LogP contribution in [0.4, 0.5) is 0 Å². The van der Waals surface area contributed by atoms with Crippen LogP contribution < -0.4 is 5.32 Å². The topological polar surface area (TPSA) is 49.4 Å². The summed E-state index contributed by atoms with van der Waals surface area (Å²) in [7, 11) is 0. The zero-order chi connectivity index (χ0) is 21.9. The van der Waals surface area contributed by atoms with Gasteiger partial charge in [0.2, 0.25) is 11.8 Å². The van der Waals surface area contributed by atoms with Crippen LogP contribution in [0.5, 0.6) is 0 Å². The first-order valence-corrected chi connectivity index (χ1v) is 11.8. The molecule has 0 saturated carbocycles. The molecule has 0 saturated heterocycles. The van der Waals surface area contributed by atoms with Crippen LogP contribution >= 0.6 is 23.4 Å². The molecule has 1 atom stereocenters. The number of halogens is 1. The van der Waals surface area contributed by atoms with Gasteiger partial charge in [-0.25, -0.2) is 0 Å². The molecule has 0 spiro atoms. The number of benzene rings is 2. The first kappa shape index (κ1) is 24.3. The van der Waals surface area contributed by atoms with Gasteiger partial charge in [0.15, 0.2) is 0 Å². The number of hydrogen-bond donors (Lipinski definition) is 1. The van der Waals surface area contributed by atoms with Gasteiger partial charge in [-0.2, -0.15) is 0 Å². The van der Waals surface area contributed by atoms with Crippen molar-refractivity contribution in [2.24, 2.45) is 0 Å². The Balaban J connectivity index is 2.04. The predicted octanol–water partition coefficient (Wildman–Crippen LogP) is 5.46. The maximum Gasteiger partial charge on any atom is 0.242 e. The van der Waals surface area contributed by atoms with Gasteiger partial charge in [0.05, 0.1) is 0 Å². The van der Waals surface area contributed by atoms with Crippen molar-refractivity contribution in [1.82, 2.24) is 10.2 Å². The molecule has 2 rings (SSSR count). The molecule has 1 N–H and O–H groups in total. The number of nitrogens with zero attached hydrogens (tertiary/aromatic N) is 1. The normalized spacial score (nSPS) is 11.7. The van der Waals surface area contributed by atoms with E-state index in [2.05, 4.69) is 12.2 Å². The molecule has 6 heteroatoms. The molecule has 0 heterocycles. The van der Waals surface area contributed by atoms with Gasteiger partial charge < -0.3 is 10.2 Å². The molecule has 0 aliphatic rings. The quantitative estimate of drug-likeness (QED) is 0.368. The number of nitrogens with one attached hydrogen (secondary N) is 1. The van der Waals surface area contributed by atoms with Gasteiger partial charge in [-0.15, -0.1) is 11.8 Å². The van der Waals surface area contributed by atoms with E-state index in [1.807, 2.05) is 62.4 Å². The van der Waals surface area contributed by atoms with Gasteiger partial charge in [0.25, 0.3) is 0 Å². The lowest BCUT2D eigenvalue weighted by atomic mass is 10.1. The van der Waals surface area contributed by atoms with E-state index in [1.165, 1.54) is 0 Å². The second-order valence-electron chi connectivity index (χ2n) is 7.32. The Hall–Kier alpha value is -1.98. The smallest absolute Gasteiger partial charge is 0.242 e. The summed E-state index contributed by atoms with van der Waals surface area (Å²) in [6.45, 7) is 6.99. The molecule has 0 radical (unpaired) electrons. The Morgan fingerprint density at radius 3 is 2.50 bits per heavy atom. The summed E-state index contributed by atoms with van der Waals surface area (Å²) in [6, 6.07) is 15.1. The number of rotatable bonds is 11. The Morgan fingerprint density at radius 2 is 1.83 bits per heavy atom. The summed E-state index contributed by atoms with van der Waals surface area (Å²) in [5.74, 6) is 0.531. The Morgan fingerprint density at radius 1 is 1.13 bits per heavy atom. The lowest BCUT2D eigenvalue weighted by molar-refractivity contribution is -0.140. The van der Waals surface area contributed by atoms with E-state index < -0.39 is 6.04 Å². The van der Waals surface area contributed by atoms with E-state index in [1.54, 1.807) is 16.7 Å². The second-order valence-corrected chi connectivity index (χ2v) is 8.93. The van der Waals surface area contributed by atoms with Crippen LogP contribution in [-0.2, 0) is 16.1 Å². The molecule has 2 aromatic carbocycles. The highest BCUT2D eigenvalue weighted by atomic mass is 35.5. The van der Waals surface area contributed by atoms with Crippen LogP contribution in [0.1, 0.15) is 44.2 Å². The number of thioether (sulfide) groups is 1. The van der Waals surface area contributed by atoms with Gasteiger partial charge in [0, 0.05) is 35.2 Å². The maximum absolute atomic E-state index is 13.1. The third-order valence-corrected chi connectivity index (χ3v) is 6.26. The third-order valence-electron chi connectivity index (χ3n) is 5.00. The number of hydrogen-bond acceptors (Lipinski definition) is 3. The molecule has 162 valence electrons. The van der Waals surface area contributed by atoms with Gasteiger partial charge in [-0.05, 0) is 55.7 Å². The Bertz CT molecular complexity index is 826. The minimum atomic E-state index is -0.519. The number of aryl methyl sites for hydroxylation is 1. The number of unbranched alkanes of at least 4 members (excludes halogenated alkanes) is 1. The van der Waals surface area contributed by atoms with Crippen LogP contribution in [0.25, 0.3) is 0 Å². The van der Waals surface area contributed by atoms with Gasteiger partial charge in [-0.3, -0.25) is 9.59 Å². The van der Waals surface area contributed by atoms with E-state index in [4.69, 9.17) is 11.6 Å². The first-order valence-electron chi connectivity index (χ1n) is 10.4. The van der Waals surface area contributed by atoms with Crippen molar-refractivity contribution >= 4 is 35.2 Å². The Labute approximate surface area is 189 Å². The van der Waals surface area contributed by atoms with Crippen LogP contribution in [-0.4, -0.2) is 35.1 Å². The van der Waals surface area contributed by atoms with Crippen molar-refractivity contribution in [2.45, 2.75) is 57.5 Å². The minimum absolute atomic E-state index is 0.0159. The van der Waals surface area contributed by atoms with Crippen molar-refractivity contribution in [1.29, 1.82) is 0 Å². The van der Waals surface area contributed by atoms with E-state index >= 15 is 0 Å². The summed E-state index contributed by atoms with van der Waals surface area (Å²) in [6.07, 6.45) is 2.32. The second kappa shape index (κ2) is 12.7. The highest BCUT2D eigenvalue weighted by Gasteiger charge is 2.26. The average Bonchev–Trinajstić information content (AvgIpc) is 2.74. The summed E-state index contributed by atoms with van der Waals surface area (Å²) in [4.78, 5) is 28.5. The van der Waals surface area contributed by atoms with Crippen molar-refractivity contribution in [3.8, 4) is 0 Å². The molecule has 0 fully saturated rings. The van der Waals surface area contributed by atoms with Crippen LogP contribution in [0.2, 0.25) is 5.02 Å². The third kappa shape index (κ3) is 7.69. The maximum atomic E-state index is 13.1. The summed E-state index contributed by atoms with van der Waals surface area (Å²) in [5.41, 5.74) is 2.17. The molecule has 2 amide bonds. The molecular weight excluding hydrogens is 416 g/mol. The summed E-state index contributed by atoms with van der Waals surface area (Å²) in [5, 5.41) is 3.65. The fraction of sp³-hybridized carbons (Fsp3) is 0.417. The molecule has 1 unspecified atom stereocenters.